The van der Waals surface area contributed by atoms with E-state index in [0.29, 0.717) is 12.5 Å². The second-order valence-corrected chi connectivity index (χ2v) is 5.65. The van der Waals surface area contributed by atoms with Crippen LogP contribution in [0.25, 0.3) is 0 Å². The van der Waals surface area contributed by atoms with E-state index in [-0.39, 0.29) is 17.4 Å². The quantitative estimate of drug-likeness (QED) is 0.733. The number of nitrogens with one attached hydrogen (secondary N) is 1. The Morgan fingerprint density at radius 3 is 2.60 bits per heavy atom. The number of amides is 1. The van der Waals surface area contributed by atoms with Crippen molar-refractivity contribution in [2.45, 2.75) is 52.6 Å². The molecule has 0 bridgehead atoms. The van der Waals surface area contributed by atoms with Crippen LogP contribution in [0.5, 0.6) is 0 Å². The molecule has 1 rings (SSSR count). The van der Waals surface area contributed by atoms with E-state index in [2.05, 4.69) is 5.32 Å². The molecule has 0 aliphatic heterocycles. The van der Waals surface area contributed by atoms with Crippen molar-refractivity contribution in [3.8, 4) is 0 Å². The van der Waals surface area contributed by atoms with Gasteiger partial charge in [0.2, 0.25) is 5.91 Å². The van der Waals surface area contributed by atoms with Crippen LogP contribution in [0.1, 0.15) is 46.5 Å². The van der Waals surface area contributed by atoms with Gasteiger partial charge in [-0.1, -0.05) is 27.2 Å². The average molecular weight is 213 g/mol. The summed E-state index contributed by atoms with van der Waals surface area (Å²) >= 11 is 0. The maximum atomic E-state index is 11.6. The predicted octanol–water partition coefficient (Wildman–Crippen LogP) is 1.70. The summed E-state index contributed by atoms with van der Waals surface area (Å²) in [7, 11) is 0. The number of aliphatic hydroxyl groups excluding tert-OH is 1. The Labute approximate surface area is 92.3 Å². The first-order valence-electron chi connectivity index (χ1n) is 5.86. The van der Waals surface area contributed by atoms with Gasteiger partial charge in [0.05, 0.1) is 6.10 Å². The summed E-state index contributed by atoms with van der Waals surface area (Å²) in [5.74, 6) is 0.558. The van der Waals surface area contributed by atoms with E-state index in [1.807, 2.05) is 20.8 Å². The highest BCUT2D eigenvalue weighted by molar-refractivity contribution is 5.81. The van der Waals surface area contributed by atoms with Gasteiger partial charge in [0.1, 0.15) is 0 Å². The monoisotopic (exact) mass is 213 g/mol. The first kappa shape index (κ1) is 12.5. The normalized spacial score (nSPS) is 27.5. The lowest BCUT2D eigenvalue weighted by molar-refractivity contribution is -0.128. The second-order valence-electron chi connectivity index (χ2n) is 5.65. The van der Waals surface area contributed by atoms with Gasteiger partial charge in [-0.2, -0.15) is 0 Å². The molecule has 2 N–H and O–H groups in total. The van der Waals surface area contributed by atoms with Crippen molar-refractivity contribution in [3.05, 3.63) is 0 Å². The smallest absolute Gasteiger partial charge is 0.225 e. The minimum absolute atomic E-state index is 0.0996. The second kappa shape index (κ2) is 4.97. The van der Waals surface area contributed by atoms with E-state index in [4.69, 9.17) is 0 Å². The maximum Gasteiger partial charge on any atom is 0.225 e. The molecule has 2 atom stereocenters. The molecular weight excluding hydrogens is 190 g/mol. The van der Waals surface area contributed by atoms with Crippen LogP contribution in [0.3, 0.4) is 0 Å². The van der Waals surface area contributed by atoms with Crippen LogP contribution < -0.4 is 5.32 Å². The summed E-state index contributed by atoms with van der Waals surface area (Å²) in [5, 5.41) is 12.5. The van der Waals surface area contributed by atoms with Crippen molar-refractivity contribution in [3.63, 3.8) is 0 Å². The number of hydrogen-bond donors (Lipinski definition) is 2. The highest BCUT2D eigenvalue weighted by Crippen LogP contribution is 2.23. The average Bonchev–Trinajstić information content (AvgIpc) is 2.12. The molecule has 1 fully saturated rings. The number of rotatable bonds is 2. The molecule has 0 spiro atoms. The molecule has 15 heavy (non-hydrogen) atoms. The third-order valence-corrected chi connectivity index (χ3v) is 2.99. The fraction of sp³-hybridized carbons (Fsp3) is 0.917. The Balaban J connectivity index is 2.28. The molecule has 1 amide bonds. The third kappa shape index (κ3) is 4.20. The van der Waals surface area contributed by atoms with Gasteiger partial charge < -0.3 is 10.4 Å². The van der Waals surface area contributed by atoms with Gasteiger partial charge in [-0.05, 0) is 25.2 Å². The van der Waals surface area contributed by atoms with Crippen molar-refractivity contribution < 1.29 is 9.90 Å². The molecule has 2 unspecified atom stereocenters. The van der Waals surface area contributed by atoms with Gasteiger partial charge in [0, 0.05) is 12.0 Å². The summed E-state index contributed by atoms with van der Waals surface area (Å²) in [5.41, 5.74) is -0.312. The van der Waals surface area contributed by atoms with Gasteiger partial charge in [0.15, 0.2) is 0 Å². The largest absolute Gasteiger partial charge is 0.393 e. The lowest BCUT2D eigenvalue weighted by atomic mass is 9.87. The molecule has 0 radical (unpaired) electrons. The Bertz CT molecular complexity index is 220. The van der Waals surface area contributed by atoms with Gasteiger partial charge in [0.25, 0.3) is 0 Å². The number of carbonyl (C=O) groups is 1. The molecule has 1 aliphatic carbocycles. The SMILES string of the molecule is CC(C)(C)C(=O)NCC1CCCC(O)C1. The minimum Gasteiger partial charge on any atom is -0.393 e. The van der Waals surface area contributed by atoms with E-state index in [0.717, 1.165) is 25.7 Å². The highest BCUT2D eigenvalue weighted by Gasteiger charge is 2.24. The van der Waals surface area contributed by atoms with Gasteiger partial charge in [-0.15, -0.1) is 0 Å². The summed E-state index contributed by atoms with van der Waals surface area (Å²) in [6, 6.07) is 0. The van der Waals surface area contributed by atoms with Crippen LogP contribution in [-0.2, 0) is 4.79 Å². The molecule has 0 heterocycles. The molecule has 3 heteroatoms. The summed E-state index contributed by atoms with van der Waals surface area (Å²) in [4.78, 5) is 11.6. The summed E-state index contributed by atoms with van der Waals surface area (Å²) < 4.78 is 0. The fourth-order valence-corrected chi connectivity index (χ4v) is 1.95. The van der Waals surface area contributed by atoms with Gasteiger partial charge in [-0.3, -0.25) is 4.79 Å². The molecule has 0 aromatic heterocycles. The van der Waals surface area contributed by atoms with Crippen molar-refractivity contribution in [1.82, 2.24) is 5.32 Å². The van der Waals surface area contributed by atoms with Crippen LogP contribution in [0, 0.1) is 11.3 Å². The van der Waals surface area contributed by atoms with Crippen molar-refractivity contribution in [2.24, 2.45) is 11.3 Å². The first-order valence-corrected chi connectivity index (χ1v) is 5.86. The third-order valence-electron chi connectivity index (χ3n) is 2.99. The maximum absolute atomic E-state index is 11.6. The standard InChI is InChI=1S/C12H23NO2/c1-12(2,3)11(15)13-8-9-5-4-6-10(14)7-9/h9-10,14H,4-8H2,1-3H3,(H,13,15). The highest BCUT2D eigenvalue weighted by atomic mass is 16.3. The Morgan fingerprint density at radius 1 is 1.40 bits per heavy atom. The first-order chi connectivity index (χ1) is 6.89. The van der Waals surface area contributed by atoms with E-state index in [1.54, 1.807) is 0 Å². The molecule has 88 valence electrons. The molecule has 1 aliphatic rings. The molecule has 3 nitrogen and oxygen atoms in total. The Hall–Kier alpha value is -0.570. The predicted molar refractivity (Wildman–Crippen MR) is 60.4 cm³/mol. The van der Waals surface area contributed by atoms with E-state index >= 15 is 0 Å². The minimum atomic E-state index is -0.312. The molecule has 1 saturated carbocycles. The molecule has 0 aromatic rings. The van der Waals surface area contributed by atoms with Crippen molar-refractivity contribution in [1.29, 1.82) is 0 Å². The zero-order chi connectivity index (χ0) is 11.5. The van der Waals surface area contributed by atoms with Gasteiger partial charge >= 0.3 is 0 Å². The van der Waals surface area contributed by atoms with Crippen LogP contribution in [0.4, 0.5) is 0 Å². The Kier molecular flexibility index (Phi) is 4.14. The van der Waals surface area contributed by atoms with E-state index in [9.17, 15) is 9.90 Å². The van der Waals surface area contributed by atoms with Crippen molar-refractivity contribution in [2.75, 3.05) is 6.54 Å². The molecular formula is C12H23NO2. The molecule has 0 aromatic carbocycles. The van der Waals surface area contributed by atoms with Crippen molar-refractivity contribution >= 4 is 5.91 Å². The number of aliphatic hydroxyl groups is 1. The number of hydrogen-bond acceptors (Lipinski definition) is 2. The van der Waals surface area contributed by atoms with Gasteiger partial charge in [-0.25, -0.2) is 0 Å². The summed E-state index contributed by atoms with van der Waals surface area (Å²) in [6.07, 6.45) is 3.81. The lowest BCUT2D eigenvalue weighted by Gasteiger charge is -2.27. The fourth-order valence-electron chi connectivity index (χ4n) is 1.95. The lowest BCUT2D eigenvalue weighted by Crippen LogP contribution is -2.39. The van der Waals surface area contributed by atoms with E-state index < -0.39 is 0 Å². The van der Waals surface area contributed by atoms with Crippen LogP contribution in [0.15, 0.2) is 0 Å². The topological polar surface area (TPSA) is 49.3 Å². The Morgan fingerprint density at radius 2 is 2.07 bits per heavy atom. The van der Waals surface area contributed by atoms with Crippen LogP contribution >= 0.6 is 0 Å². The number of carbonyl (C=O) groups excluding carboxylic acids is 1. The van der Waals surface area contributed by atoms with E-state index in [1.165, 1.54) is 0 Å². The summed E-state index contributed by atoms with van der Waals surface area (Å²) in [6.45, 7) is 6.46. The zero-order valence-electron chi connectivity index (χ0n) is 10.0. The zero-order valence-corrected chi connectivity index (χ0v) is 10.0. The van der Waals surface area contributed by atoms with Crippen LogP contribution in [-0.4, -0.2) is 23.7 Å². The molecule has 0 saturated heterocycles. The van der Waals surface area contributed by atoms with Crippen LogP contribution in [0.2, 0.25) is 0 Å².